The van der Waals surface area contributed by atoms with Gasteiger partial charge in [-0.15, -0.1) is 0 Å². The molecule has 0 saturated carbocycles. The topological polar surface area (TPSA) is 49.5 Å². The predicted molar refractivity (Wildman–Crippen MR) is 68.5 cm³/mol. The molecule has 0 fully saturated rings. The maximum absolute atomic E-state index is 13.6. The molecule has 0 aliphatic heterocycles. The SMILES string of the molecule is CC(C)N(CCCO)c1cccc(F)c1CN. The van der Waals surface area contributed by atoms with Gasteiger partial charge in [0.1, 0.15) is 5.82 Å². The Labute approximate surface area is 102 Å². The highest BCUT2D eigenvalue weighted by Gasteiger charge is 2.15. The minimum Gasteiger partial charge on any atom is -0.396 e. The molecule has 0 aliphatic rings. The molecule has 17 heavy (non-hydrogen) atoms. The van der Waals surface area contributed by atoms with E-state index in [1.165, 1.54) is 6.07 Å². The van der Waals surface area contributed by atoms with Crippen molar-refractivity contribution >= 4 is 5.69 Å². The van der Waals surface area contributed by atoms with E-state index in [4.69, 9.17) is 10.8 Å². The molecule has 0 unspecified atom stereocenters. The summed E-state index contributed by atoms with van der Waals surface area (Å²) >= 11 is 0. The van der Waals surface area contributed by atoms with Gasteiger partial charge in [0.2, 0.25) is 0 Å². The van der Waals surface area contributed by atoms with Gasteiger partial charge >= 0.3 is 0 Å². The molecule has 0 bridgehead atoms. The van der Waals surface area contributed by atoms with Gasteiger partial charge in [0.25, 0.3) is 0 Å². The zero-order chi connectivity index (χ0) is 12.8. The van der Waals surface area contributed by atoms with Gasteiger partial charge in [-0.2, -0.15) is 0 Å². The molecular weight excluding hydrogens is 219 g/mol. The molecular formula is C13H21FN2O. The maximum Gasteiger partial charge on any atom is 0.129 e. The van der Waals surface area contributed by atoms with Crippen LogP contribution in [-0.4, -0.2) is 24.3 Å². The summed E-state index contributed by atoms with van der Waals surface area (Å²) in [5, 5.41) is 8.90. The van der Waals surface area contributed by atoms with E-state index in [0.717, 1.165) is 5.69 Å². The van der Waals surface area contributed by atoms with Gasteiger partial charge in [0, 0.05) is 37.0 Å². The highest BCUT2D eigenvalue weighted by atomic mass is 19.1. The van der Waals surface area contributed by atoms with Gasteiger partial charge in [0.05, 0.1) is 0 Å². The summed E-state index contributed by atoms with van der Waals surface area (Å²) in [5.41, 5.74) is 6.97. The normalized spacial score (nSPS) is 10.9. The smallest absolute Gasteiger partial charge is 0.129 e. The van der Waals surface area contributed by atoms with Crippen LogP contribution in [-0.2, 0) is 6.54 Å². The molecule has 0 saturated heterocycles. The van der Waals surface area contributed by atoms with E-state index >= 15 is 0 Å². The fourth-order valence-electron chi connectivity index (χ4n) is 1.92. The fraction of sp³-hybridized carbons (Fsp3) is 0.538. The Kier molecular flexibility index (Phi) is 5.38. The number of nitrogens with zero attached hydrogens (tertiary/aromatic N) is 1. The highest BCUT2D eigenvalue weighted by molar-refractivity contribution is 5.54. The Morgan fingerprint density at radius 1 is 1.41 bits per heavy atom. The molecule has 0 spiro atoms. The molecule has 3 nitrogen and oxygen atoms in total. The molecule has 0 amide bonds. The number of anilines is 1. The van der Waals surface area contributed by atoms with Crippen LogP contribution >= 0.6 is 0 Å². The van der Waals surface area contributed by atoms with E-state index in [0.29, 0.717) is 18.5 Å². The lowest BCUT2D eigenvalue weighted by molar-refractivity contribution is 0.288. The number of aliphatic hydroxyl groups is 1. The Bertz CT molecular complexity index is 355. The van der Waals surface area contributed by atoms with Gasteiger partial charge in [-0.1, -0.05) is 6.07 Å². The van der Waals surface area contributed by atoms with E-state index in [1.807, 2.05) is 19.9 Å². The van der Waals surface area contributed by atoms with Crippen molar-refractivity contribution in [3.8, 4) is 0 Å². The molecule has 3 N–H and O–H groups in total. The number of rotatable bonds is 6. The largest absolute Gasteiger partial charge is 0.396 e. The molecule has 1 aromatic rings. The van der Waals surface area contributed by atoms with Crippen LogP contribution in [0.4, 0.5) is 10.1 Å². The fourth-order valence-corrected chi connectivity index (χ4v) is 1.92. The number of hydrogen-bond acceptors (Lipinski definition) is 3. The first kappa shape index (κ1) is 13.9. The van der Waals surface area contributed by atoms with Gasteiger partial charge < -0.3 is 15.7 Å². The first-order valence-electron chi connectivity index (χ1n) is 5.96. The van der Waals surface area contributed by atoms with Crippen LogP contribution in [0.25, 0.3) is 0 Å². The molecule has 4 heteroatoms. The number of hydrogen-bond donors (Lipinski definition) is 2. The molecule has 0 atom stereocenters. The summed E-state index contributed by atoms with van der Waals surface area (Å²) in [6.07, 6.45) is 0.665. The maximum atomic E-state index is 13.6. The van der Waals surface area contributed by atoms with E-state index in [2.05, 4.69) is 4.90 Å². The second kappa shape index (κ2) is 6.57. The third-order valence-electron chi connectivity index (χ3n) is 2.79. The quantitative estimate of drug-likeness (QED) is 0.798. The zero-order valence-electron chi connectivity index (χ0n) is 10.5. The van der Waals surface area contributed by atoms with Crippen LogP contribution in [0.5, 0.6) is 0 Å². The van der Waals surface area contributed by atoms with Gasteiger partial charge in [-0.05, 0) is 32.4 Å². The summed E-state index contributed by atoms with van der Waals surface area (Å²) in [6.45, 7) is 5.11. The van der Waals surface area contributed by atoms with Crippen molar-refractivity contribution in [2.75, 3.05) is 18.1 Å². The monoisotopic (exact) mass is 240 g/mol. The van der Waals surface area contributed by atoms with E-state index in [9.17, 15) is 4.39 Å². The molecule has 1 rings (SSSR count). The van der Waals surface area contributed by atoms with Crippen molar-refractivity contribution in [3.05, 3.63) is 29.6 Å². The van der Waals surface area contributed by atoms with Crippen molar-refractivity contribution in [1.29, 1.82) is 0 Å². The number of halogens is 1. The lowest BCUT2D eigenvalue weighted by atomic mass is 10.1. The molecule has 0 aromatic heterocycles. The van der Waals surface area contributed by atoms with E-state index in [-0.39, 0.29) is 25.0 Å². The average molecular weight is 240 g/mol. The van der Waals surface area contributed by atoms with Crippen LogP contribution in [0, 0.1) is 5.82 Å². The number of nitrogens with two attached hydrogens (primary N) is 1. The molecule has 0 radical (unpaired) electrons. The predicted octanol–water partition coefficient (Wildman–Crippen LogP) is 1.88. The summed E-state index contributed by atoms with van der Waals surface area (Å²) in [6, 6.07) is 5.24. The van der Waals surface area contributed by atoms with Crippen molar-refractivity contribution in [1.82, 2.24) is 0 Å². The molecule has 96 valence electrons. The van der Waals surface area contributed by atoms with Crippen LogP contribution < -0.4 is 10.6 Å². The van der Waals surface area contributed by atoms with Crippen molar-refractivity contribution in [3.63, 3.8) is 0 Å². The van der Waals surface area contributed by atoms with Crippen LogP contribution in [0.3, 0.4) is 0 Å². The number of aliphatic hydroxyl groups excluding tert-OH is 1. The third kappa shape index (κ3) is 3.41. The average Bonchev–Trinajstić information content (AvgIpc) is 2.29. The Morgan fingerprint density at radius 2 is 2.12 bits per heavy atom. The standard InChI is InChI=1S/C13H21FN2O/c1-10(2)16(7-4-8-17)13-6-3-5-12(14)11(13)9-15/h3,5-6,10,17H,4,7-9,15H2,1-2H3. The third-order valence-corrected chi connectivity index (χ3v) is 2.79. The van der Waals surface area contributed by atoms with Crippen molar-refractivity contribution in [2.45, 2.75) is 32.9 Å². The number of benzene rings is 1. The second-order valence-electron chi connectivity index (χ2n) is 4.31. The van der Waals surface area contributed by atoms with Gasteiger partial charge in [-0.3, -0.25) is 0 Å². The lowest BCUT2D eigenvalue weighted by Gasteiger charge is -2.30. The van der Waals surface area contributed by atoms with Crippen molar-refractivity contribution < 1.29 is 9.50 Å². The molecule has 0 heterocycles. The van der Waals surface area contributed by atoms with Crippen LogP contribution in [0.2, 0.25) is 0 Å². The summed E-state index contributed by atoms with van der Waals surface area (Å²) in [4.78, 5) is 2.07. The Balaban J connectivity index is 3.04. The van der Waals surface area contributed by atoms with Crippen LogP contribution in [0.15, 0.2) is 18.2 Å². The first-order chi connectivity index (χ1) is 8.11. The second-order valence-corrected chi connectivity index (χ2v) is 4.31. The Hall–Kier alpha value is -1.13. The first-order valence-corrected chi connectivity index (χ1v) is 5.96. The summed E-state index contributed by atoms with van der Waals surface area (Å²) < 4.78 is 13.6. The molecule has 0 aliphatic carbocycles. The minimum absolute atomic E-state index is 0.135. The highest BCUT2D eigenvalue weighted by Crippen LogP contribution is 2.24. The summed E-state index contributed by atoms with van der Waals surface area (Å²) in [5.74, 6) is -0.264. The molecule has 1 aromatic carbocycles. The van der Waals surface area contributed by atoms with E-state index in [1.54, 1.807) is 6.07 Å². The van der Waals surface area contributed by atoms with Gasteiger partial charge in [0.15, 0.2) is 0 Å². The van der Waals surface area contributed by atoms with Gasteiger partial charge in [-0.25, -0.2) is 4.39 Å². The lowest BCUT2D eigenvalue weighted by Crippen LogP contribution is -2.33. The van der Waals surface area contributed by atoms with Crippen molar-refractivity contribution in [2.24, 2.45) is 5.73 Å². The summed E-state index contributed by atoms with van der Waals surface area (Å²) in [7, 11) is 0. The van der Waals surface area contributed by atoms with Crippen LogP contribution in [0.1, 0.15) is 25.8 Å². The zero-order valence-corrected chi connectivity index (χ0v) is 10.5. The van der Waals surface area contributed by atoms with E-state index < -0.39 is 0 Å². The Morgan fingerprint density at radius 3 is 2.65 bits per heavy atom. The minimum atomic E-state index is -0.264.